The lowest BCUT2D eigenvalue weighted by Gasteiger charge is -2.34. The summed E-state index contributed by atoms with van der Waals surface area (Å²) in [4.78, 5) is 19.9. The van der Waals surface area contributed by atoms with Crippen LogP contribution in [0.2, 0.25) is 0 Å². The van der Waals surface area contributed by atoms with Gasteiger partial charge in [0.1, 0.15) is 0 Å². The summed E-state index contributed by atoms with van der Waals surface area (Å²) in [6.45, 7) is 8.68. The van der Waals surface area contributed by atoms with Crippen molar-refractivity contribution in [3.05, 3.63) is 35.5 Å². The molecule has 24 heavy (non-hydrogen) atoms. The number of nitrogens with zero attached hydrogens (tertiary/aromatic N) is 5. The van der Waals surface area contributed by atoms with Gasteiger partial charge in [-0.25, -0.2) is 0 Å². The first kappa shape index (κ1) is 16.2. The summed E-state index contributed by atoms with van der Waals surface area (Å²) in [6.07, 6.45) is 1.66. The van der Waals surface area contributed by atoms with Crippen molar-refractivity contribution >= 4 is 23.4 Å². The molecule has 0 atom stereocenters. The molecule has 0 radical (unpaired) electrons. The van der Waals surface area contributed by atoms with Crippen LogP contribution in [0.4, 0.5) is 17.5 Å². The van der Waals surface area contributed by atoms with Crippen LogP contribution in [0.5, 0.6) is 0 Å². The van der Waals surface area contributed by atoms with Crippen molar-refractivity contribution in [2.24, 2.45) is 0 Å². The molecule has 126 valence electrons. The lowest BCUT2D eigenvalue weighted by Crippen LogP contribution is -2.48. The molecule has 7 heteroatoms. The normalized spacial score (nSPS) is 14.6. The first-order valence-electron chi connectivity index (χ1n) is 8.07. The van der Waals surface area contributed by atoms with E-state index in [1.165, 1.54) is 11.1 Å². The van der Waals surface area contributed by atoms with E-state index < -0.39 is 0 Å². The van der Waals surface area contributed by atoms with E-state index in [2.05, 4.69) is 51.4 Å². The molecule has 2 heterocycles. The number of amides is 1. The molecule has 1 saturated heterocycles. The third-order valence-corrected chi connectivity index (χ3v) is 4.36. The van der Waals surface area contributed by atoms with Crippen LogP contribution < -0.4 is 10.2 Å². The maximum Gasteiger partial charge on any atom is 0.249 e. The van der Waals surface area contributed by atoms with Crippen LogP contribution in [0.15, 0.2) is 24.4 Å². The van der Waals surface area contributed by atoms with Gasteiger partial charge in [-0.05, 0) is 37.1 Å². The smallest absolute Gasteiger partial charge is 0.249 e. The van der Waals surface area contributed by atoms with Gasteiger partial charge in [-0.15, -0.1) is 5.10 Å². The predicted octanol–water partition coefficient (Wildman–Crippen LogP) is 1.90. The Morgan fingerprint density at radius 1 is 1.12 bits per heavy atom. The monoisotopic (exact) mass is 326 g/mol. The lowest BCUT2D eigenvalue weighted by atomic mass is 10.1. The third kappa shape index (κ3) is 3.61. The van der Waals surface area contributed by atoms with E-state index in [4.69, 9.17) is 0 Å². The number of aromatic nitrogens is 3. The molecule has 1 amide bonds. The summed E-state index contributed by atoms with van der Waals surface area (Å²) in [5.41, 5.74) is 3.40. The highest BCUT2D eigenvalue weighted by Crippen LogP contribution is 2.19. The van der Waals surface area contributed by atoms with Crippen molar-refractivity contribution in [2.75, 3.05) is 36.4 Å². The Morgan fingerprint density at radius 2 is 1.88 bits per heavy atom. The van der Waals surface area contributed by atoms with Gasteiger partial charge in [0.2, 0.25) is 11.9 Å². The van der Waals surface area contributed by atoms with Crippen LogP contribution in [0.1, 0.15) is 18.1 Å². The lowest BCUT2D eigenvalue weighted by molar-refractivity contribution is -0.129. The van der Waals surface area contributed by atoms with Gasteiger partial charge in [0, 0.05) is 38.8 Å². The fourth-order valence-electron chi connectivity index (χ4n) is 2.70. The Labute approximate surface area is 141 Å². The first-order chi connectivity index (χ1) is 11.5. The van der Waals surface area contributed by atoms with Crippen LogP contribution in [0, 0.1) is 13.8 Å². The van der Waals surface area contributed by atoms with Crippen molar-refractivity contribution in [3.8, 4) is 0 Å². The van der Waals surface area contributed by atoms with E-state index >= 15 is 0 Å². The quantitative estimate of drug-likeness (QED) is 0.928. The zero-order valence-electron chi connectivity index (χ0n) is 14.3. The van der Waals surface area contributed by atoms with Crippen LogP contribution in [-0.4, -0.2) is 52.2 Å². The number of rotatable bonds is 3. The first-order valence-corrected chi connectivity index (χ1v) is 8.07. The van der Waals surface area contributed by atoms with Crippen molar-refractivity contribution in [2.45, 2.75) is 20.8 Å². The number of carbonyl (C=O) groups is 1. The van der Waals surface area contributed by atoms with Crippen molar-refractivity contribution in [1.82, 2.24) is 20.1 Å². The van der Waals surface area contributed by atoms with Gasteiger partial charge >= 0.3 is 0 Å². The molecular weight excluding hydrogens is 304 g/mol. The number of carbonyl (C=O) groups excluding carboxylic acids is 1. The summed E-state index contributed by atoms with van der Waals surface area (Å²) in [6, 6.07) is 6.14. The van der Waals surface area contributed by atoms with E-state index in [1.54, 1.807) is 13.1 Å². The molecule has 1 aromatic carbocycles. The molecule has 1 aromatic heterocycles. The molecule has 0 unspecified atom stereocenters. The van der Waals surface area contributed by atoms with E-state index in [-0.39, 0.29) is 5.91 Å². The average molecular weight is 326 g/mol. The number of aryl methyl sites for hydroxylation is 2. The van der Waals surface area contributed by atoms with E-state index in [0.717, 1.165) is 24.6 Å². The second-order valence-corrected chi connectivity index (χ2v) is 6.06. The summed E-state index contributed by atoms with van der Waals surface area (Å²) >= 11 is 0. The maximum atomic E-state index is 11.4. The second kappa shape index (κ2) is 6.82. The molecule has 0 saturated carbocycles. The molecule has 2 aromatic rings. The Bertz CT molecular complexity index is 740. The predicted molar refractivity (Wildman–Crippen MR) is 93.5 cm³/mol. The largest absolute Gasteiger partial charge is 0.352 e. The van der Waals surface area contributed by atoms with Crippen molar-refractivity contribution < 1.29 is 4.79 Å². The average Bonchev–Trinajstić information content (AvgIpc) is 2.58. The van der Waals surface area contributed by atoms with E-state index in [9.17, 15) is 4.79 Å². The van der Waals surface area contributed by atoms with Gasteiger partial charge in [0.25, 0.3) is 0 Å². The number of benzene rings is 1. The highest BCUT2D eigenvalue weighted by atomic mass is 16.2. The Balaban J connectivity index is 1.70. The molecule has 1 aliphatic heterocycles. The van der Waals surface area contributed by atoms with Gasteiger partial charge in [-0.3, -0.25) is 4.79 Å². The van der Waals surface area contributed by atoms with Gasteiger partial charge in [-0.1, -0.05) is 6.07 Å². The van der Waals surface area contributed by atoms with Crippen molar-refractivity contribution in [3.63, 3.8) is 0 Å². The summed E-state index contributed by atoms with van der Waals surface area (Å²) in [7, 11) is 0. The Hall–Kier alpha value is -2.70. The number of hydrogen-bond donors (Lipinski definition) is 1. The molecular formula is C17H22N6O. The van der Waals surface area contributed by atoms with Crippen LogP contribution in [0.25, 0.3) is 0 Å². The van der Waals surface area contributed by atoms with Gasteiger partial charge in [-0.2, -0.15) is 10.1 Å². The third-order valence-electron chi connectivity index (χ3n) is 4.36. The fraction of sp³-hybridized carbons (Fsp3) is 0.412. The minimum Gasteiger partial charge on any atom is -0.352 e. The maximum absolute atomic E-state index is 11.4. The van der Waals surface area contributed by atoms with Gasteiger partial charge in [0.05, 0.1) is 6.20 Å². The number of anilines is 3. The standard InChI is InChI=1S/C17H22N6O/c1-12-4-5-15(10-13(12)2)19-17-20-16(11-18-21-17)23-8-6-22(7-9-23)14(3)24/h4-5,10-11H,6-9H2,1-3H3,(H,19,20,21). The minimum atomic E-state index is 0.118. The topological polar surface area (TPSA) is 74.2 Å². The van der Waals surface area contributed by atoms with E-state index in [0.29, 0.717) is 19.0 Å². The van der Waals surface area contributed by atoms with Crippen molar-refractivity contribution in [1.29, 1.82) is 0 Å². The number of piperazine rings is 1. The summed E-state index contributed by atoms with van der Waals surface area (Å²) in [5, 5.41) is 11.3. The van der Waals surface area contributed by atoms with Crippen LogP contribution in [-0.2, 0) is 4.79 Å². The fourth-order valence-corrected chi connectivity index (χ4v) is 2.70. The van der Waals surface area contributed by atoms with Gasteiger partial charge in [0.15, 0.2) is 5.82 Å². The van der Waals surface area contributed by atoms with E-state index in [1.807, 2.05) is 11.0 Å². The summed E-state index contributed by atoms with van der Waals surface area (Å²) < 4.78 is 0. The van der Waals surface area contributed by atoms with Crippen LogP contribution in [0.3, 0.4) is 0 Å². The van der Waals surface area contributed by atoms with Gasteiger partial charge < -0.3 is 15.1 Å². The molecule has 7 nitrogen and oxygen atoms in total. The molecule has 1 fully saturated rings. The summed E-state index contributed by atoms with van der Waals surface area (Å²) in [5.74, 6) is 1.37. The SMILES string of the molecule is CC(=O)N1CCN(c2cnnc(Nc3ccc(C)c(C)c3)n2)CC1. The van der Waals surface area contributed by atoms with Crippen LogP contribution >= 0.6 is 0 Å². The zero-order valence-corrected chi connectivity index (χ0v) is 14.3. The zero-order chi connectivity index (χ0) is 17.1. The molecule has 0 aliphatic carbocycles. The molecule has 1 aliphatic rings. The molecule has 0 spiro atoms. The minimum absolute atomic E-state index is 0.118. The number of nitrogens with one attached hydrogen (secondary N) is 1. The molecule has 3 rings (SSSR count). The molecule has 0 bridgehead atoms. The number of hydrogen-bond acceptors (Lipinski definition) is 6. The Morgan fingerprint density at radius 3 is 2.54 bits per heavy atom. The molecule has 1 N–H and O–H groups in total. The highest BCUT2D eigenvalue weighted by Gasteiger charge is 2.20. The Kier molecular flexibility index (Phi) is 4.59. The highest BCUT2D eigenvalue weighted by molar-refractivity contribution is 5.73. The second-order valence-electron chi connectivity index (χ2n) is 6.06.